The van der Waals surface area contributed by atoms with Gasteiger partial charge >= 0.3 is 0 Å². The molecule has 0 fully saturated rings. The maximum atomic E-state index is 9.98. The Kier molecular flexibility index (Phi) is 5.53. The molecule has 0 saturated carbocycles. The van der Waals surface area contributed by atoms with Gasteiger partial charge in [-0.05, 0) is 61.4 Å². The fourth-order valence-corrected chi connectivity index (χ4v) is 2.71. The quantitative estimate of drug-likeness (QED) is 0.634. The van der Waals surface area contributed by atoms with E-state index in [-0.39, 0.29) is 6.61 Å². The zero-order valence-electron chi connectivity index (χ0n) is 12.4. The van der Waals surface area contributed by atoms with Gasteiger partial charge in [-0.25, -0.2) is 0 Å². The largest absolute Gasteiger partial charge is 0.491 e. The van der Waals surface area contributed by atoms with Gasteiger partial charge in [0.25, 0.3) is 0 Å². The number of aliphatic hydroxyl groups is 1. The zero-order valence-corrected chi connectivity index (χ0v) is 13.2. The minimum Gasteiger partial charge on any atom is -0.491 e. The van der Waals surface area contributed by atoms with Crippen molar-refractivity contribution in [1.29, 1.82) is 0 Å². The third-order valence-electron chi connectivity index (χ3n) is 3.24. The van der Waals surface area contributed by atoms with Gasteiger partial charge in [0.15, 0.2) is 0 Å². The maximum absolute atomic E-state index is 9.98. The van der Waals surface area contributed by atoms with E-state index in [1.54, 1.807) is 36.0 Å². The zero-order chi connectivity index (χ0) is 15.2. The van der Waals surface area contributed by atoms with Crippen LogP contribution in [-0.4, -0.2) is 23.6 Å². The normalized spacial score (nSPS) is 12.1. The Morgan fingerprint density at radius 1 is 1.10 bits per heavy atom. The van der Waals surface area contributed by atoms with Crippen LogP contribution in [-0.2, 0) is 0 Å². The van der Waals surface area contributed by atoms with Crippen LogP contribution in [0.5, 0.6) is 5.75 Å². The monoisotopic (exact) mass is 303 g/mol. The molecule has 0 bridgehead atoms. The van der Waals surface area contributed by atoms with Crippen LogP contribution in [0.25, 0.3) is 0 Å². The van der Waals surface area contributed by atoms with Crippen LogP contribution < -0.4 is 10.5 Å². The van der Waals surface area contributed by atoms with Crippen LogP contribution in [0, 0.1) is 13.8 Å². The van der Waals surface area contributed by atoms with E-state index in [9.17, 15) is 5.11 Å². The van der Waals surface area contributed by atoms with Crippen molar-refractivity contribution < 1.29 is 9.84 Å². The lowest BCUT2D eigenvalue weighted by atomic mass is 10.1. The van der Waals surface area contributed by atoms with E-state index in [4.69, 9.17) is 10.5 Å². The van der Waals surface area contributed by atoms with Gasteiger partial charge in [0.2, 0.25) is 0 Å². The van der Waals surface area contributed by atoms with Crippen molar-refractivity contribution in [3.05, 3.63) is 53.6 Å². The van der Waals surface area contributed by atoms with E-state index in [1.165, 1.54) is 16.0 Å². The summed E-state index contributed by atoms with van der Waals surface area (Å²) in [5.41, 5.74) is 8.87. The highest BCUT2D eigenvalue weighted by Gasteiger charge is 2.07. The standard InChI is InChI=1S/C17H21NO2S/c1-12-3-8-17(9-13(12)2)21-11-15(19)10-20-16-6-4-14(18)5-7-16/h3-9,15,19H,10-11,18H2,1-2H3. The molecule has 4 heteroatoms. The second-order valence-corrected chi connectivity index (χ2v) is 6.18. The summed E-state index contributed by atoms with van der Waals surface area (Å²) in [5.74, 6) is 1.33. The van der Waals surface area contributed by atoms with Crippen molar-refractivity contribution in [2.45, 2.75) is 24.8 Å². The van der Waals surface area contributed by atoms with Gasteiger partial charge in [-0.15, -0.1) is 11.8 Å². The van der Waals surface area contributed by atoms with Crippen LogP contribution in [0.4, 0.5) is 5.69 Å². The number of hydrogen-bond acceptors (Lipinski definition) is 4. The number of hydrogen-bond donors (Lipinski definition) is 2. The summed E-state index contributed by atoms with van der Waals surface area (Å²) in [6.07, 6.45) is -0.505. The fraction of sp³-hybridized carbons (Fsp3) is 0.294. The Balaban J connectivity index is 1.77. The topological polar surface area (TPSA) is 55.5 Å². The van der Waals surface area contributed by atoms with E-state index in [0.29, 0.717) is 11.4 Å². The molecule has 1 unspecified atom stereocenters. The molecule has 21 heavy (non-hydrogen) atoms. The predicted octanol–water partition coefficient (Wildman–Crippen LogP) is 3.42. The summed E-state index contributed by atoms with van der Waals surface area (Å²) >= 11 is 1.64. The molecule has 0 aliphatic carbocycles. The number of aryl methyl sites for hydroxylation is 2. The summed E-state index contributed by atoms with van der Waals surface area (Å²) in [6.45, 7) is 4.47. The Morgan fingerprint density at radius 3 is 2.48 bits per heavy atom. The van der Waals surface area contributed by atoms with Gasteiger partial charge in [0, 0.05) is 16.3 Å². The molecule has 2 aromatic carbocycles. The van der Waals surface area contributed by atoms with E-state index in [2.05, 4.69) is 32.0 Å². The van der Waals surface area contributed by atoms with Crippen LogP contribution in [0.2, 0.25) is 0 Å². The van der Waals surface area contributed by atoms with Gasteiger partial charge in [-0.3, -0.25) is 0 Å². The molecule has 0 spiro atoms. The highest BCUT2D eigenvalue weighted by atomic mass is 32.2. The maximum Gasteiger partial charge on any atom is 0.119 e. The molecule has 0 radical (unpaired) electrons. The molecule has 0 saturated heterocycles. The van der Waals surface area contributed by atoms with Crippen molar-refractivity contribution in [2.75, 3.05) is 18.1 Å². The van der Waals surface area contributed by atoms with Gasteiger partial charge in [0.05, 0.1) is 6.10 Å². The second-order valence-electron chi connectivity index (χ2n) is 5.09. The van der Waals surface area contributed by atoms with Crippen molar-refractivity contribution in [3.8, 4) is 5.75 Å². The smallest absolute Gasteiger partial charge is 0.119 e. The first-order chi connectivity index (χ1) is 10.0. The lowest BCUT2D eigenvalue weighted by Gasteiger charge is -2.12. The first-order valence-electron chi connectivity index (χ1n) is 6.91. The Morgan fingerprint density at radius 2 is 1.81 bits per heavy atom. The molecular weight excluding hydrogens is 282 g/mol. The number of rotatable bonds is 6. The molecular formula is C17H21NO2S. The molecule has 3 N–H and O–H groups in total. The molecule has 3 nitrogen and oxygen atoms in total. The number of nitrogen functional groups attached to an aromatic ring is 1. The number of anilines is 1. The van der Waals surface area contributed by atoms with Crippen molar-refractivity contribution >= 4 is 17.4 Å². The molecule has 0 aromatic heterocycles. The van der Waals surface area contributed by atoms with Crippen LogP contribution in [0.1, 0.15) is 11.1 Å². The van der Waals surface area contributed by atoms with Crippen LogP contribution in [0.3, 0.4) is 0 Å². The van der Waals surface area contributed by atoms with Crippen molar-refractivity contribution in [2.24, 2.45) is 0 Å². The SMILES string of the molecule is Cc1ccc(SCC(O)COc2ccc(N)cc2)cc1C. The van der Waals surface area contributed by atoms with Crippen LogP contribution >= 0.6 is 11.8 Å². The Bertz CT molecular complexity index is 584. The minimum absolute atomic E-state index is 0.280. The number of ether oxygens (including phenoxy) is 1. The van der Waals surface area contributed by atoms with Gasteiger partial charge in [-0.2, -0.15) is 0 Å². The average Bonchev–Trinajstić information content (AvgIpc) is 2.48. The molecule has 2 aromatic rings. The molecule has 0 aliphatic rings. The molecule has 0 amide bonds. The van der Waals surface area contributed by atoms with E-state index in [0.717, 1.165) is 5.75 Å². The summed E-state index contributed by atoms with van der Waals surface area (Å²) in [7, 11) is 0. The molecule has 2 rings (SSSR count). The Hall–Kier alpha value is -1.65. The minimum atomic E-state index is -0.505. The van der Waals surface area contributed by atoms with Crippen molar-refractivity contribution in [1.82, 2.24) is 0 Å². The lowest BCUT2D eigenvalue weighted by molar-refractivity contribution is 0.126. The molecule has 0 aliphatic heterocycles. The summed E-state index contributed by atoms with van der Waals surface area (Å²) in [5, 5.41) is 9.98. The third kappa shape index (κ3) is 4.99. The molecule has 0 heterocycles. The second kappa shape index (κ2) is 7.38. The van der Waals surface area contributed by atoms with Crippen LogP contribution in [0.15, 0.2) is 47.4 Å². The highest BCUT2D eigenvalue weighted by Crippen LogP contribution is 2.22. The van der Waals surface area contributed by atoms with Crippen molar-refractivity contribution in [3.63, 3.8) is 0 Å². The van der Waals surface area contributed by atoms with Gasteiger partial charge in [-0.1, -0.05) is 6.07 Å². The number of nitrogens with two attached hydrogens (primary N) is 1. The van der Waals surface area contributed by atoms with E-state index >= 15 is 0 Å². The summed E-state index contributed by atoms with van der Waals surface area (Å²) < 4.78 is 5.54. The third-order valence-corrected chi connectivity index (χ3v) is 4.38. The summed E-state index contributed by atoms with van der Waals surface area (Å²) in [4.78, 5) is 1.17. The average molecular weight is 303 g/mol. The summed E-state index contributed by atoms with van der Waals surface area (Å²) in [6, 6.07) is 13.5. The molecule has 1 atom stereocenters. The van der Waals surface area contributed by atoms with Gasteiger partial charge in [0.1, 0.15) is 12.4 Å². The highest BCUT2D eigenvalue weighted by molar-refractivity contribution is 7.99. The lowest BCUT2D eigenvalue weighted by Crippen LogP contribution is -2.20. The van der Waals surface area contributed by atoms with Gasteiger partial charge < -0.3 is 15.6 Å². The fourth-order valence-electron chi connectivity index (χ4n) is 1.80. The van der Waals surface area contributed by atoms with E-state index < -0.39 is 6.10 Å². The van der Waals surface area contributed by atoms with E-state index in [1.807, 2.05) is 0 Å². The Labute approximate surface area is 130 Å². The number of thioether (sulfide) groups is 1. The first kappa shape index (κ1) is 15.7. The molecule has 112 valence electrons. The first-order valence-corrected chi connectivity index (χ1v) is 7.89. The number of aliphatic hydroxyl groups excluding tert-OH is 1. The predicted molar refractivity (Wildman–Crippen MR) is 89.0 cm³/mol. The number of benzene rings is 2.